The van der Waals surface area contributed by atoms with Gasteiger partial charge in [0.25, 0.3) is 5.91 Å². The van der Waals surface area contributed by atoms with Crippen LogP contribution in [0.5, 0.6) is 0 Å². The molecule has 1 aliphatic rings. The van der Waals surface area contributed by atoms with Gasteiger partial charge in [-0.15, -0.1) is 0 Å². The van der Waals surface area contributed by atoms with E-state index in [-0.39, 0.29) is 12.2 Å². The van der Waals surface area contributed by atoms with Crippen molar-refractivity contribution in [3.8, 4) is 0 Å². The van der Waals surface area contributed by atoms with Gasteiger partial charge in [0.2, 0.25) is 0 Å². The molecule has 0 saturated heterocycles. The average molecular weight is 369 g/mol. The van der Waals surface area contributed by atoms with Crippen molar-refractivity contribution in [1.82, 2.24) is 4.90 Å². The van der Waals surface area contributed by atoms with Crippen molar-refractivity contribution in [3.05, 3.63) is 34.9 Å². The molecule has 1 aromatic carbocycles. The Balaban J connectivity index is 2.43. The standard InChI is InChI=1S/C15H13F6NO3/c1-2-25-12(23)6-11-9-4-3-8(15(19,20)21)5-10(9)13(24)22(11)7-14(16,17)18/h3-5,11H,2,6-7H2,1H3. The van der Waals surface area contributed by atoms with Gasteiger partial charge in [-0.2, -0.15) is 26.3 Å². The lowest BCUT2D eigenvalue weighted by Crippen LogP contribution is -2.37. The van der Waals surface area contributed by atoms with Crippen LogP contribution < -0.4 is 0 Å². The summed E-state index contributed by atoms with van der Waals surface area (Å²) in [5, 5.41) is 0. The maximum absolute atomic E-state index is 12.8. The molecule has 10 heteroatoms. The van der Waals surface area contributed by atoms with Gasteiger partial charge in [0, 0.05) is 5.56 Å². The molecule has 1 aliphatic heterocycles. The van der Waals surface area contributed by atoms with Gasteiger partial charge in [-0.05, 0) is 24.6 Å². The molecule has 1 atom stereocenters. The molecule has 0 aliphatic carbocycles. The van der Waals surface area contributed by atoms with E-state index in [1.807, 2.05) is 0 Å². The number of amides is 1. The van der Waals surface area contributed by atoms with Crippen molar-refractivity contribution in [1.29, 1.82) is 0 Å². The van der Waals surface area contributed by atoms with Crippen molar-refractivity contribution in [2.45, 2.75) is 31.7 Å². The number of benzene rings is 1. The van der Waals surface area contributed by atoms with Crippen LogP contribution >= 0.6 is 0 Å². The summed E-state index contributed by atoms with van der Waals surface area (Å²) in [5.74, 6) is -2.05. The normalized spacial score (nSPS) is 17.6. The molecule has 25 heavy (non-hydrogen) atoms. The minimum Gasteiger partial charge on any atom is -0.466 e. The Morgan fingerprint density at radius 3 is 2.36 bits per heavy atom. The predicted octanol–water partition coefficient (Wildman–Crippen LogP) is 3.72. The third-order valence-electron chi connectivity index (χ3n) is 3.62. The van der Waals surface area contributed by atoms with Gasteiger partial charge in [-0.1, -0.05) is 6.07 Å². The minimum atomic E-state index is -4.77. The lowest BCUT2D eigenvalue weighted by molar-refractivity contribution is -0.152. The van der Waals surface area contributed by atoms with E-state index in [0.29, 0.717) is 17.0 Å². The molecule has 1 amide bonds. The second-order valence-electron chi connectivity index (χ2n) is 5.37. The summed E-state index contributed by atoms with van der Waals surface area (Å²) in [4.78, 5) is 24.2. The van der Waals surface area contributed by atoms with Gasteiger partial charge in [-0.3, -0.25) is 9.59 Å². The summed E-state index contributed by atoms with van der Waals surface area (Å²) in [7, 11) is 0. The fraction of sp³-hybridized carbons (Fsp3) is 0.467. The highest BCUT2D eigenvalue weighted by atomic mass is 19.4. The van der Waals surface area contributed by atoms with E-state index in [0.717, 1.165) is 6.07 Å². The van der Waals surface area contributed by atoms with Crippen LogP contribution in [-0.4, -0.2) is 36.1 Å². The number of rotatable bonds is 4. The zero-order chi connectivity index (χ0) is 19.0. The van der Waals surface area contributed by atoms with Crippen LogP contribution in [0.2, 0.25) is 0 Å². The number of carbonyl (C=O) groups excluding carboxylic acids is 2. The molecule has 0 saturated carbocycles. The molecule has 0 bridgehead atoms. The summed E-state index contributed by atoms with van der Waals surface area (Å²) in [6.07, 6.45) is -10.1. The fourth-order valence-corrected chi connectivity index (χ4v) is 2.65. The monoisotopic (exact) mass is 369 g/mol. The van der Waals surface area contributed by atoms with E-state index in [1.54, 1.807) is 0 Å². The molecular formula is C15H13F6NO3. The van der Waals surface area contributed by atoms with Gasteiger partial charge < -0.3 is 9.64 Å². The number of hydrogen-bond donors (Lipinski definition) is 0. The van der Waals surface area contributed by atoms with E-state index < -0.39 is 54.4 Å². The van der Waals surface area contributed by atoms with E-state index in [4.69, 9.17) is 0 Å². The zero-order valence-corrected chi connectivity index (χ0v) is 12.9. The Bertz CT molecular complexity index is 683. The van der Waals surface area contributed by atoms with Crippen molar-refractivity contribution in [2.24, 2.45) is 0 Å². The summed E-state index contributed by atoms with van der Waals surface area (Å²) < 4.78 is 81.2. The number of ether oxygens (including phenoxy) is 1. The number of fused-ring (bicyclic) bond motifs is 1. The molecule has 0 spiro atoms. The maximum atomic E-state index is 12.8. The van der Waals surface area contributed by atoms with Crippen LogP contribution in [0.1, 0.15) is 40.9 Å². The molecular weight excluding hydrogens is 356 g/mol. The first kappa shape index (κ1) is 19.1. The first-order chi connectivity index (χ1) is 11.4. The van der Waals surface area contributed by atoms with Gasteiger partial charge in [0.15, 0.2) is 0 Å². The van der Waals surface area contributed by atoms with E-state index in [2.05, 4.69) is 4.74 Å². The SMILES string of the molecule is CCOC(=O)CC1c2ccc(C(F)(F)F)cc2C(=O)N1CC(F)(F)F. The highest BCUT2D eigenvalue weighted by molar-refractivity contribution is 6.00. The zero-order valence-electron chi connectivity index (χ0n) is 12.9. The van der Waals surface area contributed by atoms with Crippen molar-refractivity contribution in [2.75, 3.05) is 13.2 Å². The van der Waals surface area contributed by atoms with Gasteiger partial charge >= 0.3 is 18.3 Å². The van der Waals surface area contributed by atoms with Crippen molar-refractivity contribution >= 4 is 11.9 Å². The van der Waals surface area contributed by atoms with Crippen LogP contribution in [0.25, 0.3) is 0 Å². The Kier molecular flexibility index (Phi) is 5.01. The quantitative estimate of drug-likeness (QED) is 0.600. The summed E-state index contributed by atoms with van der Waals surface area (Å²) in [6.45, 7) is -0.195. The largest absolute Gasteiger partial charge is 0.466 e. The summed E-state index contributed by atoms with van der Waals surface area (Å²) in [6, 6.07) is 0.773. The van der Waals surface area contributed by atoms with Crippen molar-refractivity contribution in [3.63, 3.8) is 0 Å². The van der Waals surface area contributed by atoms with Gasteiger partial charge in [-0.25, -0.2) is 0 Å². The third kappa shape index (κ3) is 4.23. The first-order valence-electron chi connectivity index (χ1n) is 7.18. The lowest BCUT2D eigenvalue weighted by atomic mass is 9.99. The Hall–Kier alpha value is -2.26. The van der Waals surface area contributed by atoms with E-state index >= 15 is 0 Å². The number of halogens is 6. The van der Waals surface area contributed by atoms with Gasteiger partial charge in [0.05, 0.1) is 24.6 Å². The molecule has 2 rings (SSSR count). The van der Waals surface area contributed by atoms with Crippen LogP contribution in [-0.2, 0) is 15.7 Å². The second-order valence-corrected chi connectivity index (χ2v) is 5.37. The second kappa shape index (κ2) is 6.57. The molecule has 0 aromatic heterocycles. The predicted molar refractivity (Wildman–Crippen MR) is 72.5 cm³/mol. The van der Waals surface area contributed by atoms with Crippen LogP contribution in [0.4, 0.5) is 26.3 Å². The Labute approximate surface area is 138 Å². The molecule has 0 N–H and O–H groups in total. The molecule has 0 fully saturated rings. The highest BCUT2D eigenvalue weighted by Crippen LogP contribution is 2.40. The average Bonchev–Trinajstić information content (AvgIpc) is 2.70. The molecule has 4 nitrogen and oxygen atoms in total. The smallest absolute Gasteiger partial charge is 0.416 e. The number of alkyl halides is 6. The van der Waals surface area contributed by atoms with Crippen LogP contribution in [0.15, 0.2) is 18.2 Å². The molecule has 1 aromatic rings. The number of hydrogen-bond acceptors (Lipinski definition) is 3. The number of carbonyl (C=O) groups is 2. The molecule has 0 radical (unpaired) electrons. The molecule has 138 valence electrons. The topological polar surface area (TPSA) is 46.6 Å². The Morgan fingerprint density at radius 1 is 1.20 bits per heavy atom. The van der Waals surface area contributed by atoms with E-state index in [1.165, 1.54) is 6.92 Å². The minimum absolute atomic E-state index is 0.0152. The molecule has 1 unspecified atom stereocenters. The third-order valence-corrected chi connectivity index (χ3v) is 3.62. The van der Waals surface area contributed by atoms with Crippen molar-refractivity contribution < 1.29 is 40.7 Å². The van der Waals surface area contributed by atoms with E-state index in [9.17, 15) is 35.9 Å². The number of nitrogens with zero attached hydrogens (tertiary/aromatic N) is 1. The van der Waals surface area contributed by atoms with Crippen LogP contribution in [0.3, 0.4) is 0 Å². The summed E-state index contributed by atoms with van der Waals surface area (Å²) >= 11 is 0. The Morgan fingerprint density at radius 2 is 1.84 bits per heavy atom. The van der Waals surface area contributed by atoms with Crippen LogP contribution in [0, 0.1) is 0 Å². The summed E-state index contributed by atoms with van der Waals surface area (Å²) in [5.41, 5.74) is -1.70. The fourth-order valence-electron chi connectivity index (χ4n) is 2.65. The maximum Gasteiger partial charge on any atom is 0.416 e. The highest BCUT2D eigenvalue weighted by Gasteiger charge is 2.45. The first-order valence-corrected chi connectivity index (χ1v) is 7.18. The lowest BCUT2D eigenvalue weighted by Gasteiger charge is -2.25. The number of esters is 1. The van der Waals surface area contributed by atoms with Gasteiger partial charge in [0.1, 0.15) is 6.54 Å². The molecule has 1 heterocycles.